The second-order valence-corrected chi connectivity index (χ2v) is 2.07. The summed E-state index contributed by atoms with van der Waals surface area (Å²) in [7, 11) is 3.38. The molecule has 0 saturated heterocycles. The highest BCUT2D eigenvalue weighted by molar-refractivity contribution is 5.89. The zero-order valence-electron chi connectivity index (χ0n) is 6.20. The normalized spacial score (nSPS) is 10.1. The molecule has 0 atom stereocenters. The number of hydrogen-bond acceptors (Lipinski definition) is 5. The smallest absolute Gasteiger partial charge is 0.282 e. The van der Waals surface area contributed by atoms with Crippen LogP contribution in [0, 0.1) is 0 Å². The van der Waals surface area contributed by atoms with Gasteiger partial charge in [0.15, 0.2) is 0 Å². The average Bonchev–Trinajstić information content (AvgIpc) is 2.35. The summed E-state index contributed by atoms with van der Waals surface area (Å²) < 4.78 is 0. The van der Waals surface area contributed by atoms with Crippen molar-refractivity contribution < 1.29 is 4.79 Å². The topological polar surface area (TPSA) is 86.8 Å². The minimum Gasteiger partial charge on any atom is -0.282 e. The van der Waals surface area contributed by atoms with Crippen LogP contribution in [0.2, 0.25) is 0 Å². The molecule has 0 aliphatic carbocycles. The van der Waals surface area contributed by atoms with Crippen molar-refractivity contribution in [2.24, 2.45) is 0 Å². The summed E-state index contributed by atoms with van der Waals surface area (Å²) in [6, 6.07) is 0. The Hall–Kier alpha value is -1.50. The van der Waals surface area contributed by atoms with E-state index in [9.17, 15) is 4.79 Å². The van der Waals surface area contributed by atoms with Gasteiger partial charge in [-0.25, -0.2) is 5.01 Å². The molecule has 1 rings (SSSR count). The van der Waals surface area contributed by atoms with Crippen LogP contribution >= 0.6 is 0 Å². The van der Waals surface area contributed by atoms with Gasteiger partial charge in [0.05, 0.1) is 0 Å². The number of rotatable bonds is 2. The molecule has 0 bridgehead atoms. The average molecular weight is 156 g/mol. The Balaban J connectivity index is 2.57. The number of aromatic nitrogens is 4. The van der Waals surface area contributed by atoms with Gasteiger partial charge in [-0.05, 0) is 5.21 Å². The van der Waals surface area contributed by atoms with Crippen molar-refractivity contribution in [1.29, 1.82) is 0 Å². The summed E-state index contributed by atoms with van der Waals surface area (Å²) in [5, 5.41) is 13.9. The van der Waals surface area contributed by atoms with Crippen LogP contribution in [0.3, 0.4) is 0 Å². The fourth-order valence-corrected chi connectivity index (χ4v) is 0.511. The van der Waals surface area contributed by atoms with Gasteiger partial charge in [0.2, 0.25) is 0 Å². The van der Waals surface area contributed by atoms with E-state index in [-0.39, 0.29) is 11.7 Å². The van der Waals surface area contributed by atoms with Crippen molar-refractivity contribution in [3.63, 3.8) is 0 Å². The summed E-state index contributed by atoms with van der Waals surface area (Å²) in [6.07, 6.45) is 0. The first-order valence-corrected chi connectivity index (χ1v) is 2.92. The van der Waals surface area contributed by atoms with Crippen LogP contribution in [0.4, 0.5) is 0 Å². The second kappa shape index (κ2) is 3.06. The van der Waals surface area contributed by atoms with Crippen molar-refractivity contribution in [1.82, 2.24) is 31.1 Å². The lowest BCUT2D eigenvalue weighted by Crippen LogP contribution is -2.36. The number of hydrogen-bond donors (Lipinski definition) is 2. The van der Waals surface area contributed by atoms with Gasteiger partial charge in [-0.2, -0.15) is 5.21 Å². The Kier molecular flexibility index (Phi) is 2.12. The van der Waals surface area contributed by atoms with Crippen molar-refractivity contribution in [2.45, 2.75) is 0 Å². The number of nitrogens with zero attached hydrogens (tertiary/aromatic N) is 4. The van der Waals surface area contributed by atoms with Crippen molar-refractivity contribution in [3.8, 4) is 0 Å². The SMILES string of the molecule is CN(C)NC(=O)c1nn[nH]n1. The van der Waals surface area contributed by atoms with Crippen molar-refractivity contribution in [2.75, 3.05) is 14.1 Å². The highest BCUT2D eigenvalue weighted by atomic mass is 16.2. The third kappa shape index (κ3) is 1.97. The first-order valence-electron chi connectivity index (χ1n) is 2.92. The van der Waals surface area contributed by atoms with E-state index in [1.54, 1.807) is 14.1 Å². The Morgan fingerprint density at radius 3 is 2.82 bits per heavy atom. The van der Waals surface area contributed by atoms with Crippen LogP contribution in [0.5, 0.6) is 0 Å². The molecule has 0 unspecified atom stereocenters. The van der Waals surface area contributed by atoms with Crippen LogP contribution in [0.1, 0.15) is 10.6 Å². The standard InChI is InChI=1S/C4H8N6O/c1-10(2)7-4(11)3-5-8-9-6-3/h1-2H3,(H,7,11)(H,5,6,8,9). The molecule has 1 aromatic rings. The molecule has 1 amide bonds. The second-order valence-electron chi connectivity index (χ2n) is 2.07. The zero-order valence-corrected chi connectivity index (χ0v) is 6.20. The van der Waals surface area contributed by atoms with Gasteiger partial charge in [-0.1, -0.05) is 0 Å². The highest BCUT2D eigenvalue weighted by Gasteiger charge is 2.09. The lowest BCUT2D eigenvalue weighted by Gasteiger charge is -2.08. The molecule has 0 aliphatic heterocycles. The molecule has 0 aromatic carbocycles. The van der Waals surface area contributed by atoms with E-state index in [1.165, 1.54) is 5.01 Å². The fourth-order valence-electron chi connectivity index (χ4n) is 0.511. The van der Waals surface area contributed by atoms with Crippen LogP contribution < -0.4 is 5.43 Å². The molecule has 1 aromatic heterocycles. The van der Waals surface area contributed by atoms with Crippen molar-refractivity contribution in [3.05, 3.63) is 5.82 Å². The number of hydrazine groups is 1. The maximum Gasteiger partial charge on any atom is 0.307 e. The summed E-state index contributed by atoms with van der Waals surface area (Å²) in [5.41, 5.74) is 2.45. The number of carbonyl (C=O) groups is 1. The first kappa shape index (κ1) is 7.61. The predicted octanol–water partition coefficient (Wildman–Crippen LogP) is -1.59. The number of amides is 1. The van der Waals surface area contributed by atoms with Crippen LogP contribution in [0.25, 0.3) is 0 Å². The van der Waals surface area contributed by atoms with E-state index in [1.807, 2.05) is 0 Å². The van der Waals surface area contributed by atoms with E-state index in [0.29, 0.717) is 0 Å². The van der Waals surface area contributed by atoms with E-state index in [0.717, 1.165) is 0 Å². The largest absolute Gasteiger partial charge is 0.307 e. The summed E-state index contributed by atoms with van der Waals surface area (Å²) in [5.74, 6) is -0.359. The molecule has 0 radical (unpaired) electrons. The van der Waals surface area contributed by atoms with E-state index in [4.69, 9.17) is 0 Å². The molecule has 0 saturated carbocycles. The Morgan fingerprint density at radius 2 is 2.36 bits per heavy atom. The fraction of sp³-hybridized carbons (Fsp3) is 0.500. The third-order valence-electron chi connectivity index (χ3n) is 0.874. The molecule has 60 valence electrons. The lowest BCUT2D eigenvalue weighted by atomic mass is 10.6. The molecule has 1 heterocycles. The minimum atomic E-state index is -0.385. The van der Waals surface area contributed by atoms with Gasteiger partial charge >= 0.3 is 5.91 Å². The molecule has 0 spiro atoms. The monoisotopic (exact) mass is 156 g/mol. The number of aromatic amines is 1. The molecular formula is C4H8N6O. The maximum absolute atomic E-state index is 11.0. The van der Waals surface area contributed by atoms with Gasteiger partial charge < -0.3 is 0 Å². The lowest BCUT2D eigenvalue weighted by molar-refractivity contribution is 0.0846. The van der Waals surface area contributed by atoms with Crippen molar-refractivity contribution >= 4 is 5.91 Å². The third-order valence-corrected chi connectivity index (χ3v) is 0.874. The van der Waals surface area contributed by atoms with Crippen LogP contribution in [-0.2, 0) is 0 Å². The van der Waals surface area contributed by atoms with Gasteiger partial charge in [0.25, 0.3) is 5.82 Å². The molecule has 0 aliphatic rings. The first-order chi connectivity index (χ1) is 5.20. The molecule has 2 N–H and O–H groups in total. The number of H-pyrrole nitrogens is 1. The molecular weight excluding hydrogens is 148 g/mol. The number of tetrazole rings is 1. The maximum atomic E-state index is 11.0. The van der Waals surface area contributed by atoms with Crippen LogP contribution in [-0.4, -0.2) is 45.6 Å². The van der Waals surface area contributed by atoms with Gasteiger partial charge in [0, 0.05) is 14.1 Å². The summed E-state index contributed by atoms with van der Waals surface area (Å²) >= 11 is 0. The number of carbonyl (C=O) groups excluding carboxylic acids is 1. The van der Waals surface area contributed by atoms with Crippen LogP contribution in [0.15, 0.2) is 0 Å². The summed E-state index contributed by atoms with van der Waals surface area (Å²) in [4.78, 5) is 11.0. The van der Waals surface area contributed by atoms with E-state index < -0.39 is 0 Å². The zero-order chi connectivity index (χ0) is 8.27. The quantitative estimate of drug-likeness (QED) is 0.504. The molecule has 0 fully saturated rings. The minimum absolute atomic E-state index is 0.0266. The predicted molar refractivity (Wildman–Crippen MR) is 35.3 cm³/mol. The molecule has 7 nitrogen and oxygen atoms in total. The van der Waals surface area contributed by atoms with Gasteiger partial charge in [-0.3, -0.25) is 10.2 Å². The van der Waals surface area contributed by atoms with E-state index in [2.05, 4.69) is 26.0 Å². The Labute approximate surface area is 62.7 Å². The Bertz CT molecular complexity index is 229. The highest BCUT2D eigenvalue weighted by Crippen LogP contribution is 1.81. The van der Waals surface area contributed by atoms with E-state index >= 15 is 0 Å². The number of nitrogens with one attached hydrogen (secondary N) is 2. The Morgan fingerprint density at radius 1 is 1.64 bits per heavy atom. The van der Waals surface area contributed by atoms with Gasteiger partial charge in [-0.15, -0.1) is 10.2 Å². The summed E-state index contributed by atoms with van der Waals surface area (Å²) in [6.45, 7) is 0. The molecule has 7 heteroatoms. The molecule has 11 heavy (non-hydrogen) atoms. The van der Waals surface area contributed by atoms with Gasteiger partial charge in [0.1, 0.15) is 0 Å².